The van der Waals surface area contributed by atoms with Gasteiger partial charge in [-0.1, -0.05) is 0 Å². The number of piperazine rings is 1. The van der Waals surface area contributed by atoms with Crippen molar-refractivity contribution in [2.45, 2.75) is 32.5 Å². The Morgan fingerprint density at radius 3 is 2.39 bits per heavy atom. The van der Waals surface area contributed by atoms with Crippen LogP contribution in [0.5, 0.6) is 0 Å². The normalized spacial score (nSPS) is 25.8. The van der Waals surface area contributed by atoms with Gasteiger partial charge in [0.1, 0.15) is 5.60 Å². The number of hydrogen-bond acceptors (Lipinski definition) is 6. The zero-order chi connectivity index (χ0) is 13.2. The van der Waals surface area contributed by atoms with Gasteiger partial charge in [-0.25, -0.2) is 4.79 Å². The first-order valence-corrected chi connectivity index (χ1v) is 6.42. The Labute approximate surface area is 108 Å². The van der Waals surface area contributed by atoms with Crippen LogP contribution in [0.15, 0.2) is 0 Å². The lowest BCUT2D eigenvalue weighted by Gasteiger charge is -2.33. The lowest BCUT2D eigenvalue weighted by Crippen LogP contribution is -2.48. The molecule has 1 atom stereocenters. The standard InChI is InChI=1S/C12H22N2O4/c1-12(2,3)17-11(15)18-14-6-4-13(5-7-14)8-10-9-16-10/h10H,4-9H2,1-3H3/t10-/m0/s1. The van der Waals surface area contributed by atoms with E-state index in [2.05, 4.69) is 4.90 Å². The van der Waals surface area contributed by atoms with Crippen LogP contribution in [0.4, 0.5) is 4.79 Å². The molecule has 2 rings (SSSR count). The Morgan fingerprint density at radius 2 is 1.89 bits per heavy atom. The summed E-state index contributed by atoms with van der Waals surface area (Å²) in [7, 11) is 0. The van der Waals surface area contributed by atoms with E-state index in [1.807, 2.05) is 20.8 Å². The van der Waals surface area contributed by atoms with Crippen molar-refractivity contribution < 1.29 is 19.1 Å². The molecule has 0 amide bonds. The van der Waals surface area contributed by atoms with E-state index in [1.54, 1.807) is 5.06 Å². The van der Waals surface area contributed by atoms with E-state index in [1.165, 1.54) is 0 Å². The van der Waals surface area contributed by atoms with Gasteiger partial charge < -0.3 is 14.3 Å². The van der Waals surface area contributed by atoms with Crippen LogP contribution >= 0.6 is 0 Å². The van der Waals surface area contributed by atoms with Crippen LogP contribution in [0.1, 0.15) is 20.8 Å². The monoisotopic (exact) mass is 258 g/mol. The van der Waals surface area contributed by atoms with Crippen LogP contribution in [0, 0.1) is 0 Å². The van der Waals surface area contributed by atoms with Gasteiger partial charge in [0.2, 0.25) is 0 Å². The topological polar surface area (TPSA) is 54.5 Å². The highest BCUT2D eigenvalue weighted by Crippen LogP contribution is 2.14. The molecule has 2 saturated heterocycles. The van der Waals surface area contributed by atoms with Crippen LogP contribution in [-0.2, 0) is 14.3 Å². The second kappa shape index (κ2) is 5.42. The van der Waals surface area contributed by atoms with Crippen molar-refractivity contribution in [3.05, 3.63) is 0 Å². The molecule has 104 valence electrons. The zero-order valence-electron chi connectivity index (χ0n) is 11.3. The van der Waals surface area contributed by atoms with Gasteiger partial charge in [-0.2, -0.15) is 0 Å². The molecule has 0 radical (unpaired) electrons. The van der Waals surface area contributed by atoms with Gasteiger partial charge in [0.25, 0.3) is 0 Å². The lowest BCUT2D eigenvalue weighted by atomic mass is 10.2. The third kappa shape index (κ3) is 4.80. The zero-order valence-corrected chi connectivity index (χ0v) is 11.3. The van der Waals surface area contributed by atoms with Gasteiger partial charge in [-0.3, -0.25) is 4.90 Å². The third-order valence-electron chi connectivity index (χ3n) is 2.79. The number of carbonyl (C=O) groups excluding carboxylic acids is 1. The summed E-state index contributed by atoms with van der Waals surface area (Å²) in [5.41, 5.74) is -0.512. The molecule has 0 aliphatic carbocycles. The van der Waals surface area contributed by atoms with Gasteiger partial charge in [-0.05, 0) is 20.8 Å². The maximum absolute atomic E-state index is 11.5. The first-order valence-electron chi connectivity index (χ1n) is 6.42. The minimum absolute atomic E-state index is 0.420. The number of carbonyl (C=O) groups is 1. The van der Waals surface area contributed by atoms with Gasteiger partial charge in [0.05, 0.1) is 12.7 Å². The summed E-state index contributed by atoms with van der Waals surface area (Å²) in [6, 6.07) is 0. The Hall–Kier alpha value is -0.850. The highest BCUT2D eigenvalue weighted by atomic mass is 16.8. The minimum Gasteiger partial charge on any atom is -0.427 e. The summed E-state index contributed by atoms with van der Waals surface area (Å²) in [6.45, 7) is 10.5. The van der Waals surface area contributed by atoms with Gasteiger partial charge in [-0.15, -0.1) is 5.06 Å². The summed E-state index contributed by atoms with van der Waals surface area (Å²) in [6.07, 6.45) is -0.204. The SMILES string of the molecule is CC(C)(C)OC(=O)ON1CCN(C[C@H]2CO2)CC1. The first-order chi connectivity index (χ1) is 8.42. The molecule has 2 aliphatic heterocycles. The van der Waals surface area contributed by atoms with E-state index in [-0.39, 0.29) is 0 Å². The number of ether oxygens (including phenoxy) is 2. The fourth-order valence-corrected chi connectivity index (χ4v) is 1.84. The molecule has 0 aromatic heterocycles. The number of hydrogen-bond donors (Lipinski definition) is 0. The fraction of sp³-hybridized carbons (Fsp3) is 0.917. The van der Waals surface area contributed by atoms with E-state index in [9.17, 15) is 4.79 Å². The molecule has 0 bridgehead atoms. The van der Waals surface area contributed by atoms with E-state index >= 15 is 0 Å². The molecular weight excluding hydrogens is 236 g/mol. The smallest absolute Gasteiger partial charge is 0.427 e. The van der Waals surface area contributed by atoms with E-state index < -0.39 is 11.8 Å². The van der Waals surface area contributed by atoms with Crippen molar-refractivity contribution in [1.29, 1.82) is 0 Å². The lowest BCUT2D eigenvalue weighted by molar-refractivity contribution is -0.158. The summed E-state index contributed by atoms with van der Waals surface area (Å²) >= 11 is 0. The summed E-state index contributed by atoms with van der Waals surface area (Å²) < 4.78 is 10.3. The van der Waals surface area contributed by atoms with Gasteiger partial charge in [0, 0.05) is 32.7 Å². The average Bonchev–Trinajstić information content (AvgIpc) is 3.02. The fourth-order valence-electron chi connectivity index (χ4n) is 1.84. The van der Waals surface area contributed by atoms with Crippen LogP contribution in [0.2, 0.25) is 0 Å². The van der Waals surface area contributed by atoms with E-state index in [0.29, 0.717) is 19.2 Å². The van der Waals surface area contributed by atoms with Crippen molar-refractivity contribution >= 4 is 6.16 Å². The average molecular weight is 258 g/mol. The molecule has 0 aromatic rings. The summed E-state index contributed by atoms with van der Waals surface area (Å²) in [4.78, 5) is 19.0. The van der Waals surface area contributed by atoms with Gasteiger partial charge in [0.15, 0.2) is 0 Å². The van der Waals surface area contributed by atoms with Crippen molar-refractivity contribution in [3.8, 4) is 0 Å². The third-order valence-corrected chi connectivity index (χ3v) is 2.79. The molecule has 6 nitrogen and oxygen atoms in total. The summed E-state index contributed by atoms with van der Waals surface area (Å²) in [5.74, 6) is 0. The van der Waals surface area contributed by atoms with Crippen molar-refractivity contribution in [2.75, 3.05) is 39.3 Å². The molecule has 0 N–H and O–H groups in total. The number of hydroxylamine groups is 2. The van der Waals surface area contributed by atoms with E-state index in [0.717, 1.165) is 26.2 Å². The molecule has 2 aliphatic rings. The van der Waals surface area contributed by atoms with Crippen LogP contribution in [-0.4, -0.2) is 67.2 Å². The molecule has 2 heterocycles. The first kappa shape index (κ1) is 13.6. The Morgan fingerprint density at radius 1 is 1.28 bits per heavy atom. The van der Waals surface area contributed by atoms with Gasteiger partial charge >= 0.3 is 6.16 Å². The van der Waals surface area contributed by atoms with Crippen LogP contribution in [0.25, 0.3) is 0 Å². The Kier molecular flexibility index (Phi) is 4.09. The molecular formula is C12H22N2O4. The van der Waals surface area contributed by atoms with Crippen molar-refractivity contribution in [1.82, 2.24) is 9.96 Å². The molecule has 6 heteroatoms. The number of epoxide rings is 1. The Balaban J connectivity index is 1.64. The second-order valence-corrected chi connectivity index (χ2v) is 5.74. The molecule has 2 fully saturated rings. The molecule has 0 unspecified atom stereocenters. The quantitative estimate of drug-likeness (QED) is 0.553. The maximum Gasteiger partial charge on any atom is 0.528 e. The maximum atomic E-state index is 11.5. The minimum atomic E-state index is -0.624. The second-order valence-electron chi connectivity index (χ2n) is 5.74. The molecule has 0 aromatic carbocycles. The van der Waals surface area contributed by atoms with E-state index in [4.69, 9.17) is 14.3 Å². The summed E-state index contributed by atoms with van der Waals surface area (Å²) in [5, 5.41) is 1.67. The Bertz CT molecular complexity index is 291. The van der Waals surface area contributed by atoms with Crippen LogP contribution in [0.3, 0.4) is 0 Å². The van der Waals surface area contributed by atoms with Crippen LogP contribution < -0.4 is 0 Å². The molecule has 18 heavy (non-hydrogen) atoms. The highest BCUT2D eigenvalue weighted by molar-refractivity contribution is 5.60. The number of rotatable bonds is 3. The van der Waals surface area contributed by atoms with Crippen molar-refractivity contribution in [3.63, 3.8) is 0 Å². The molecule has 0 saturated carbocycles. The predicted molar refractivity (Wildman–Crippen MR) is 65.1 cm³/mol. The predicted octanol–water partition coefficient (Wildman–Crippen LogP) is 0.869. The largest absolute Gasteiger partial charge is 0.528 e. The molecule has 0 spiro atoms. The number of nitrogens with zero attached hydrogens (tertiary/aromatic N) is 2. The highest BCUT2D eigenvalue weighted by Gasteiger charge is 2.29. The van der Waals surface area contributed by atoms with Crippen molar-refractivity contribution in [2.24, 2.45) is 0 Å².